The molecule has 2 N–H and O–H groups in total. The zero-order chi connectivity index (χ0) is 15.9. The number of carbonyl (C=O) groups is 1. The molecule has 1 aromatic rings. The molecule has 0 bridgehead atoms. The maximum Gasteiger partial charge on any atom is 0.254 e. The number of rotatable bonds is 6. The Labute approximate surface area is 130 Å². The number of phenolic OH excluding ortho intramolecular Hbond substituents is 1. The maximum atomic E-state index is 13.6. The van der Waals surface area contributed by atoms with E-state index < -0.39 is 11.7 Å². The van der Waals surface area contributed by atoms with Crippen LogP contribution in [0, 0.1) is 11.7 Å². The van der Waals surface area contributed by atoms with Crippen LogP contribution in [-0.4, -0.2) is 55.8 Å². The number of amides is 1. The van der Waals surface area contributed by atoms with E-state index in [0.29, 0.717) is 19.1 Å². The lowest BCUT2D eigenvalue weighted by Gasteiger charge is -2.32. The summed E-state index contributed by atoms with van der Waals surface area (Å²) in [6.45, 7) is 4.11. The van der Waals surface area contributed by atoms with Crippen LogP contribution in [0.4, 0.5) is 4.39 Å². The molecule has 1 amide bonds. The second kappa shape index (κ2) is 8.10. The van der Waals surface area contributed by atoms with Crippen molar-refractivity contribution in [2.45, 2.75) is 12.8 Å². The summed E-state index contributed by atoms with van der Waals surface area (Å²) in [5, 5.41) is 12.0. The summed E-state index contributed by atoms with van der Waals surface area (Å²) < 4.78 is 18.7. The molecule has 1 aliphatic heterocycles. The van der Waals surface area contributed by atoms with E-state index in [0.717, 1.165) is 38.5 Å². The van der Waals surface area contributed by atoms with Gasteiger partial charge in [-0.1, -0.05) is 0 Å². The molecule has 0 spiro atoms. The minimum atomic E-state index is -0.706. The molecule has 5 nitrogen and oxygen atoms in total. The van der Waals surface area contributed by atoms with Crippen molar-refractivity contribution in [3.05, 3.63) is 29.6 Å². The van der Waals surface area contributed by atoms with Gasteiger partial charge in [-0.2, -0.15) is 0 Å². The zero-order valence-corrected chi connectivity index (χ0v) is 12.8. The molecule has 0 saturated carbocycles. The highest BCUT2D eigenvalue weighted by atomic mass is 19.1. The van der Waals surface area contributed by atoms with Crippen LogP contribution in [0.25, 0.3) is 0 Å². The Hall–Kier alpha value is -1.66. The summed E-state index contributed by atoms with van der Waals surface area (Å²) in [7, 11) is 1.69. The number of piperidine rings is 1. The lowest BCUT2D eigenvalue weighted by molar-refractivity contribution is 0.0909. The third kappa shape index (κ3) is 4.68. The Kier molecular flexibility index (Phi) is 6.15. The first-order valence-corrected chi connectivity index (χ1v) is 7.58. The number of carbonyl (C=O) groups excluding carboxylic acids is 1. The van der Waals surface area contributed by atoms with E-state index in [4.69, 9.17) is 9.84 Å². The lowest BCUT2D eigenvalue weighted by atomic mass is 9.98. The number of nitrogens with zero attached hydrogens (tertiary/aromatic N) is 1. The first kappa shape index (κ1) is 16.7. The van der Waals surface area contributed by atoms with Crippen LogP contribution in [0.15, 0.2) is 18.2 Å². The highest BCUT2D eigenvalue weighted by Crippen LogP contribution is 2.17. The summed E-state index contributed by atoms with van der Waals surface area (Å²) in [6.07, 6.45) is 2.15. The first-order valence-electron chi connectivity index (χ1n) is 7.58. The van der Waals surface area contributed by atoms with E-state index in [1.807, 2.05) is 0 Å². The van der Waals surface area contributed by atoms with Crippen molar-refractivity contribution < 1.29 is 19.0 Å². The van der Waals surface area contributed by atoms with E-state index in [-0.39, 0.29) is 11.3 Å². The van der Waals surface area contributed by atoms with Crippen LogP contribution < -0.4 is 5.32 Å². The molecule has 1 heterocycles. The second-order valence-corrected chi connectivity index (χ2v) is 5.68. The molecular weight excluding hydrogens is 287 g/mol. The van der Waals surface area contributed by atoms with Gasteiger partial charge in [-0.05, 0) is 37.4 Å². The first-order chi connectivity index (χ1) is 10.6. The molecule has 1 saturated heterocycles. The summed E-state index contributed by atoms with van der Waals surface area (Å²) in [6, 6.07) is 3.55. The molecule has 0 radical (unpaired) electrons. The predicted molar refractivity (Wildman–Crippen MR) is 81.4 cm³/mol. The zero-order valence-electron chi connectivity index (χ0n) is 12.8. The van der Waals surface area contributed by atoms with Gasteiger partial charge in [0.25, 0.3) is 5.91 Å². The number of methoxy groups -OCH3 is 1. The van der Waals surface area contributed by atoms with Gasteiger partial charge in [-0.15, -0.1) is 0 Å². The standard InChI is InChI=1S/C16H23FN2O3/c1-22-8-7-19-6-2-3-12(11-19)10-18-16(21)14-5-4-13(20)9-15(14)17/h4-5,9,12,20H,2-3,6-8,10-11H2,1H3,(H,18,21). The van der Waals surface area contributed by atoms with Gasteiger partial charge in [0.05, 0.1) is 12.2 Å². The molecule has 2 rings (SSSR count). The van der Waals surface area contributed by atoms with Gasteiger partial charge >= 0.3 is 0 Å². The largest absolute Gasteiger partial charge is 0.508 e. The maximum absolute atomic E-state index is 13.6. The Bertz CT molecular complexity index is 510. The van der Waals surface area contributed by atoms with E-state index in [2.05, 4.69) is 10.2 Å². The molecule has 1 aliphatic rings. The lowest BCUT2D eigenvalue weighted by Crippen LogP contribution is -2.42. The number of nitrogens with one attached hydrogen (secondary N) is 1. The highest BCUT2D eigenvalue weighted by molar-refractivity contribution is 5.94. The minimum Gasteiger partial charge on any atom is -0.508 e. The van der Waals surface area contributed by atoms with E-state index in [9.17, 15) is 9.18 Å². The summed E-state index contributed by atoms with van der Waals surface area (Å²) >= 11 is 0. The number of halogens is 1. The fourth-order valence-corrected chi connectivity index (χ4v) is 2.76. The SMILES string of the molecule is COCCN1CCCC(CNC(=O)c2ccc(O)cc2F)C1. The Balaban J connectivity index is 1.82. The number of phenols is 1. The van der Waals surface area contributed by atoms with Gasteiger partial charge in [0, 0.05) is 32.8 Å². The van der Waals surface area contributed by atoms with Gasteiger partial charge in [0.1, 0.15) is 11.6 Å². The second-order valence-electron chi connectivity index (χ2n) is 5.68. The Morgan fingerprint density at radius 3 is 3.09 bits per heavy atom. The molecular formula is C16H23FN2O3. The van der Waals surface area contributed by atoms with Gasteiger partial charge in [-0.3, -0.25) is 4.79 Å². The monoisotopic (exact) mass is 310 g/mol. The van der Waals surface area contributed by atoms with Crippen molar-refractivity contribution in [3.63, 3.8) is 0 Å². The fraction of sp³-hybridized carbons (Fsp3) is 0.562. The van der Waals surface area contributed by atoms with Gasteiger partial charge in [0.2, 0.25) is 0 Å². The quantitative estimate of drug-likeness (QED) is 0.838. The molecule has 6 heteroatoms. The van der Waals surface area contributed by atoms with E-state index in [1.165, 1.54) is 12.1 Å². The van der Waals surface area contributed by atoms with Crippen LogP contribution in [0.3, 0.4) is 0 Å². The number of likely N-dealkylation sites (tertiary alicyclic amines) is 1. The molecule has 1 fully saturated rings. The predicted octanol–water partition coefficient (Wildman–Crippen LogP) is 1.62. The molecule has 1 atom stereocenters. The molecule has 122 valence electrons. The van der Waals surface area contributed by atoms with E-state index in [1.54, 1.807) is 7.11 Å². The molecule has 22 heavy (non-hydrogen) atoms. The Morgan fingerprint density at radius 2 is 2.36 bits per heavy atom. The van der Waals surface area contributed by atoms with Gasteiger partial charge in [-0.25, -0.2) is 4.39 Å². The van der Waals surface area contributed by atoms with Crippen LogP contribution in [0.5, 0.6) is 5.75 Å². The summed E-state index contributed by atoms with van der Waals surface area (Å²) in [5.41, 5.74) is -0.0372. The number of benzene rings is 1. The van der Waals surface area contributed by atoms with Gasteiger partial charge < -0.3 is 20.1 Å². The van der Waals surface area contributed by atoms with Crippen LogP contribution in [0.1, 0.15) is 23.2 Å². The Morgan fingerprint density at radius 1 is 1.55 bits per heavy atom. The number of hydrogen-bond donors (Lipinski definition) is 2. The van der Waals surface area contributed by atoms with Gasteiger partial charge in [0.15, 0.2) is 0 Å². The van der Waals surface area contributed by atoms with Crippen molar-refractivity contribution >= 4 is 5.91 Å². The highest BCUT2D eigenvalue weighted by Gasteiger charge is 2.21. The molecule has 1 unspecified atom stereocenters. The average Bonchev–Trinajstić information content (AvgIpc) is 2.51. The van der Waals surface area contributed by atoms with Crippen molar-refractivity contribution in [2.75, 3.05) is 39.9 Å². The third-order valence-electron chi connectivity index (χ3n) is 3.96. The molecule has 0 aromatic heterocycles. The number of aromatic hydroxyl groups is 1. The molecule has 0 aliphatic carbocycles. The molecule has 1 aromatic carbocycles. The number of hydrogen-bond acceptors (Lipinski definition) is 4. The van der Waals surface area contributed by atoms with E-state index >= 15 is 0 Å². The van der Waals surface area contributed by atoms with Crippen molar-refractivity contribution in [3.8, 4) is 5.75 Å². The van der Waals surface area contributed by atoms with Crippen molar-refractivity contribution in [2.24, 2.45) is 5.92 Å². The normalized spacial score (nSPS) is 19.1. The fourth-order valence-electron chi connectivity index (χ4n) is 2.76. The topological polar surface area (TPSA) is 61.8 Å². The van der Waals surface area contributed by atoms with Crippen molar-refractivity contribution in [1.29, 1.82) is 0 Å². The van der Waals surface area contributed by atoms with Crippen LogP contribution in [0.2, 0.25) is 0 Å². The van der Waals surface area contributed by atoms with Crippen molar-refractivity contribution in [1.82, 2.24) is 10.2 Å². The number of ether oxygens (including phenoxy) is 1. The summed E-state index contributed by atoms with van der Waals surface area (Å²) in [4.78, 5) is 14.3. The third-order valence-corrected chi connectivity index (χ3v) is 3.96. The van der Waals surface area contributed by atoms with Crippen LogP contribution in [-0.2, 0) is 4.74 Å². The summed E-state index contributed by atoms with van der Waals surface area (Å²) in [5.74, 6) is -0.959. The average molecular weight is 310 g/mol. The smallest absolute Gasteiger partial charge is 0.254 e. The van der Waals surface area contributed by atoms with Crippen LogP contribution >= 0.6 is 0 Å². The minimum absolute atomic E-state index is 0.0372.